The van der Waals surface area contributed by atoms with Crippen LogP contribution in [0.3, 0.4) is 0 Å². The third kappa shape index (κ3) is 2.92. The molecule has 24 heavy (non-hydrogen) atoms. The number of hydrogen-bond acceptors (Lipinski definition) is 4. The van der Waals surface area contributed by atoms with E-state index < -0.39 is 11.9 Å². The van der Waals surface area contributed by atoms with Crippen LogP contribution in [0.2, 0.25) is 5.02 Å². The average molecular weight is 346 g/mol. The Hall–Kier alpha value is -2.60. The molecule has 2 heterocycles. The monoisotopic (exact) mass is 345 g/mol. The Labute approximate surface area is 143 Å². The summed E-state index contributed by atoms with van der Waals surface area (Å²) in [7, 11) is 0. The number of aliphatic carboxylic acids is 1. The van der Waals surface area contributed by atoms with Crippen molar-refractivity contribution in [2.24, 2.45) is 0 Å². The molecule has 0 radical (unpaired) electrons. The Morgan fingerprint density at radius 1 is 1.29 bits per heavy atom. The van der Waals surface area contributed by atoms with Crippen LogP contribution in [0.25, 0.3) is 17.3 Å². The first-order valence-corrected chi connectivity index (χ1v) is 7.77. The first-order valence-electron chi connectivity index (χ1n) is 7.40. The van der Waals surface area contributed by atoms with Gasteiger partial charge < -0.3 is 9.52 Å². The van der Waals surface area contributed by atoms with Gasteiger partial charge >= 0.3 is 12.0 Å². The second kappa shape index (κ2) is 6.13. The third-order valence-corrected chi connectivity index (χ3v) is 3.97. The molecule has 124 valence electrons. The Morgan fingerprint density at radius 3 is 2.50 bits per heavy atom. The minimum atomic E-state index is -0.985. The van der Waals surface area contributed by atoms with E-state index in [0.29, 0.717) is 10.7 Å². The number of halogens is 1. The molecule has 0 aliphatic heterocycles. The van der Waals surface area contributed by atoms with E-state index >= 15 is 0 Å². The van der Waals surface area contributed by atoms with Crippen LogP contribution in [-0.4, -0.2) is 25.8 Å². The van der Waals surface area contributed by atoms with E-state index in [9.17, 15) is 9.90 Å². The maximum Gasteiger partial charge on any atom is 0.323 e. The fourth-order valence-corrected chi connectivity index (χ4v) is 2.58. The summed E-state index contributed by atoms with van der Waals surface area (Å²) < 4.78 is 7.34. The summed E-state index contributed by atoms with van der Waals surface area (Å²) in [5.74, 6) is -1.54. The second-order valence-corrected chi connectivity index (χ2v) is 6.05. The molecule has 1 atom stereocenters. The van der Waals surface area contributed by atoms with Crippen LogP contribution in [0.4, 0.5) is 0 Å². The van der Waals surface area contributed by atoms with Crippen LogP contribution >= 0.6 is 11.6 Å². The highest BCUT2D eigenvalue weighted by Crippen LogP contribution is 2.32. The first kappa shape index (κ1) is 16.3. The SMILES string of the molecule is Cc1cc(C)n(-c2nc(-c3ccc(Cl)cc3)c(C(C)C(=O)O)o2)n1. The molecule has 3 rings (SSSR count). The van der Waals surface area contributed by atoms with Gasteiger partial charge in [-0.3, -0.25) is 4.79 Å². The number of aryl methyl sites for hydroxylation is 2. The molecule has 7 heteroatoms. The third-order valence-electron chi connectivity index (χ3n) is 3.71. The summed E-state index contributed by atoms with van der Waals surface area (Å²) in [6.07, 6.45) is 0. The topological polar surface area (TPSA) is 81.2 Å². The van der Waals surface area contributed by atoms with Crippen molar-refractivity contribution in [1.82, 2.24) is 14.8 Å². The molecular formula is C17H16ClN3O3. The van der Waals surface area contributed by atoms with Crippen LogP contribution < -0.4 is 0 Å². The number of benzene rings is 1. The van der Waals surface area contributed by atoms with E-state index in [1.807, 2.05) is 19.9 Å². The molecular weight excluding hydrogens is 330 g/mol. The number of carboxylic acid groups (broad SMARTS) is 1. The van der Waals surface area contributed by atoms with Crippen molar-refractivity contribution in [3.05, 3.63) is 52.5 Å². The van der Waals surface area contributed by atoms with Gasteiger partial charge in [-0.2, -0.15) is 14.8 Å². The lowest BCUT2D eigenvalue weighted by Crippen LogP contribution is -2.07. The number of nitrogens with zero attached hydrogens (tertiary/aromatic N) is 3. The van der Waals surface area contributed by atoms with Gasteiger partial charge in [0, 0.05) is 16.3 Å². The van der Waals surface area contributed by atoms with Gasteiger partial charge in [-0.1, -0.05) is 23.7 Å². The molecule has 6 nitrogen and oxygen atoms in total. The molecule has 0 saturated heterocycles. The number of hydrogen-bond donors (Lipinski definition) is 1. The van der Waals surface area contributed by atoms with Gasteiger partial charge in [-0.05, 0) is 39.0 Å². The molecule has 0 aliphatic carbocycles. The smallest absolute Gasteiger partial charge is 0.323 e. The van der Waals surface area contributed by atoms with Gasteiger partial charge in [0.1, 0.15) is 17.4 Å². The summed E-state index contributed by atoms with van der Waals surface area (Å²) in [4.78, 5) is 15.9. The Bertz CT molecular complexity index is 896. The normalized spacial score (nSPS) is 12.3. The molecule has 0 saturated carbocycles. The molecule has 1 N–H and O–H groups in total. The van der Waals surface area contributed by atoms with E-state index in [4.69, 9.17) is 16.0 Å². The van der Waals surface area contributed by atoms with Gasteiger partial charge in [0.25, 0.3) is 0 Å². The average Bonchev–Trinajstić information content (AvgIpc) is 3.10. The molecule has 0 bridgehead atoms. The largest absolute Gasteiger partial charge is 0.481 e. The summed E-state index contributed by atoms with van der Waals surface area (Å²) in [6.45, 7) is 5.31. The zero-order chi connectivity index (χ0) is 17.4. The van der Waals surface area contributed by atoms with E-state index in [-0.39, 0.29) is 11.8 Å². The van der Waals surface area contributed by atoms with Gasteiger partial charge in [0.2, 0.25) is 0 Å². The quantitative estimate of drug-likeness (QED) is 0.773. The van der Waals surface area contributed by atoms with E-state index in [0.717, 1.165) is 17.0 Å². The number of carboxylic acids is 1. The number of rotatable bonds is 4. The number of oxazole rings is 1. The maximum atomic E-state index is 11.4. The minimum Gasteiger partial charge on any atom is -0.481 e. The van der Waals surface area contributed by atoms with Crippen LogP contribution in [0.15, 0.2) is 34.7 Å². The first-order chi connectivity index (χ1) is 11.4. The number of aromatic nitrogens is 3. The van der Waals surface area contributed by atoms with Gasteiger partial charge in [0.05, 0.1) is 5.69 Å². The van der Waals surface area contributed by atoms with Gasteiger partial charge in [-0.15, -0.1) is 0 Å². The van der Waals surface area contributed by atoms with Crippen LogP contribution in [0.5, 0.6) is 0 Å². The zero-order valence-electron chi connectivity index (χ0n) is 13.4. The van der Waals surface area contributed by atoms with Crippen LogP contribution in [0, 0.1) is 13.8 Å². The van der Waals surface area contributed by atoms with Crippen molar-refractivity contribution in [3.8, 4) is 17.3 Å². The Kier molecular flexibility index (Phi) is 4.15. The minimum absolute atomic E-state index is 0.244. The van der Waals surface area contributed by atoms with Crippen LogP contribution in [-0.2, 0) is 4.79 Å². The lowest BCUT2D eigenvalue weighted by atomic mass is 10.0. The van der Waals surface area contributed by atoms with Crippen molar-refractivity contribution < 1.29 is 14.3 Å². The lowest BCUT2D eigenvalue weighted by Gasteiger charge is -2.05. The van der Waals surface area contributed by atoms with Crippen molar-refractivity contribution in [3.63, 3.8) is 0 Å². The van der Waals surface area contributed by atoms with Gasteiger partial charge in [-0.25, -0.2) is 0 Å². The fourth-order valence-electron chi connectivity index (χ4n) is 2.45. The Morgan fingerprint density at radius 2 is 1.96 bits per heavy atom. The van der Waals surface area contributed by atoms with E-state index in [1.165, 1.54) is 0 Å². The molecule has 1 unspecified atom stereocenters. The zero-order valence-corrected chi connectivity index (χ0v) is 14.2. The van der Waals surface area contributed by atoms with Crippen molar-refractivity contribution in [2.75, 3.05) is 0 Å². The molecule has 2 aromatic heterocycles. The molecule has 1 aromatic carbocycles. The van der Waals surface area contributed by atoms with Crippen LogP contribution in [0.1, 0.15) is 30.0 Å². The highest BCUT2D eigenvalue weighted by molar-refractivity contribution is 6.30. The molecule has 0 amide bonds. The molecule has 0 spiro atoms. The summed E-state index contributed by atoms with van der Waals surface area (Å²) >= 11 is 5.92. The van der Waals surface area contributed by atoms with E-state index in [2.05, 4.69) is 10.1 Å². The molecule has 0 fully saturated rings. The predicted molar refractivity (Wildman–Crippen MR) is 89.6 cm³/mol. The van der Waals surface area contributed by atoms with Gasteiger partial charge in [0.15, 0.2) is 0 Å². The van der Waals surface area contributed by atoms with Crippen molar-refractivity contribution in [2.45, 2.75) is 26.7 Å². The molecule has 3 aromatic rings. The van der Waals surface area contributed by atoms with E-state index in [1.54, 1.807) is 35.9 Å². The Balaban J connectivity index is 2.17. The second-order valence-electron chi connectivity index (χ2n) is 5.62. The number of carbonyl (C=O) groups is 1. The lowest BCUT2D eigenvalue weighted by molar-refractivity contribution is -0.138. The summed E-state index contributed by atoms with van der Waals surface area (Å²) in [5.41, 5.74) is 2.89. The predicted octanol–water partition coefficient (Wildman–Crippen LogP) is 3.99. The fraction of sp³-hybridized carbons (Fsp3) is 0.235. The highest BCUT2D eigenvalue weighted by atomic mass is 35.5. The summed E-state index contributed by atoms with van der Waals surface area (Å²) in [6, 6.07) is 9.15. The highest BCUT2D eigenvalue weighted by Gasteiger charge is 2.26. The van der Waals surface area contributed by atoms with Crippen molar-refractivity contribution in [1.29, 1.82) is 0 Å². The summed E-state index contributed by atoms with van der Waals surface area (Å²) in [5, 5.41) is 14.3. The molecule has 0 aliphatic rings. The van der Waals surface area contributed by atoms with Crippen molar-refractivity contribution >= 4 is 17.6 Å². The maximum absolute atomic E-state index is 11.4. The standard InChI is InChI=1S/C17H16ClN3O3/c1-9-8-10(2)21(20-9)17-19-14(12-4-6-13(18)7-5-12)15(24-17)11(3)16(22)23/h4-8,11H,1-3H3,(H,22,23).